The number of ether oxygens (including phenoxy) is 1. The van der Waals surface area contributed by atoms with Crippen molar-refractivity contribution < 1.29 is 4.74 Å². The Hall–Kier alpha value is -0.840. The molecule has 1 atom stereocenters. The first-order valence-corrected chi connectivity index (χ1v) is 6.15. The van der Waals surface area contributed by atoms with Gasteiger partial charge in [-0.3, -0.25) is 5.84 Å². The molecule has 0 aliphatic carbocycles. The van der Waals surface area contributed by atoms with Gasteiger partial charge in [-0.2, -0.15) is 0 Å². The van der Waals surface area contributed by atoms with Crippen LogP contribution in [-0.4, -0.2) is 6.61 Å². The van der Waals surface area contributed by atoms with Crippen molar-refractivity contribution in [3.05, 3.63) is 46.1 Å². The maximum absolute atomic E-state index is 5.62. The second kappa shape index (κ2) is 5.48. The lowest BCUT2D eigenvalue weighted by Gasteiger charge is -2.23. The fourth-order valence-corrected chi connectivity index (χ4v) is 2.04. The predicted octanol–water partition coefficient (Wildman–Crippen LogP) is 2.65. The fourth-order valence-electron chi connectivity index (χ4n) is 1.78. The van der Waals surface area contributed by atoms with Gasteiger partial charge in [0.05, 0.1) is 6.61 Å². The normalized spacial score (nSPS) is 17.5. The molecule has 0 fully saturated rings. The summed E-state index contributed by atoms with van der Waals surface area (Å²) < 4.78 is 6.68. The van der Waals surface area contributed by atoms with Gasteiger partial charge in [-0.1, -0.05) is 28.1 Å². The van der Waals surface area contributed by atoms with E-state index < -0.39 is 0 Å². The molecule has 0 spiro atoms. The molecule has 0 radical (unpaired) electrons. The number of allylic oxidation sites excluding steroid dienone is 1. The lowest BCUT2D eigenvalue weighted by Crippen LogP contribution is -2.31. The van der Waals surface area contributed by atoms with Gasteiger partial charge in [0.25, 0.3) is 0 Å². The van der Waals surface area contributed by atoms with E-state index in [2.05, 4.69) is 27.4 Å². The van der Waals surface area contributed by atoms with E-state index in [1.807, 2.05) is 24.3 Å². The Morgan fingerprint density at radius 1 is 1.31 bits per heavy atom. The van der Waals surface area contributed by atoms with Gasteiger partial charge in [0.15, 0.2) is 0 Å². The van der Waals surface area contributed by atoms with Crippen LogP contribution in [0, 0.1) is 0 Å². The summed E-state index contributed by atoms with van der Waals surface area (Å²) in [6.07, 6.45) is 4.25. The first kappa shape index (κ1) is 11.6. The molecule has 16 heavy (non-hydrogen) atoms. The minimum absolute atomic E-state index is 0.0478. The average Bonchev–Trinajstić information content (AvgIpc) is 2.34. The molecular formula is C12H15BrN2O. The second-order valence-electron chi connectivity index (χ2n) is 3.75. The summed E-state index contributed by atoms with van der Waals surface area (Å²) >= 11 is 3.41. The standard InChI is InChI=1S/C12H15BrN2O/c13-10-6-4-9(5-7-10)12(15-14)11-3-1-2-8-16-11/h3-7,12,15H,1-2,8,14H2. The monoisotopic (exact) mass is 282 g/mol. The third-order valence-electron chi connectivity index (χ3n) is 2.62. The van der Waals surface area contributed by atoms with Gasteiger partial charge >= 0.3 is 0 Å². The number of hydrogen-bond acceptors (Lipinski definition) is 3. The Balaban J connectivity index is 2.21. The zero-order valence-corrected chi connectivity index (χ0v) is 10.5. The van der Waals surface area contributed by atoms with Crippen molar-refractivity contribution in [2.75, 3.05) is 6.61 Å². The summed E-state index contributed by atoms with van der Waals surface area (Å²) in [4.78, 5) is 0. The van der Waals surface area contributed by atoms with E-state index in [0.717, 1.165) is 35.2 Å². The van der Waals surface area contributed by atoms with Crippen molar-refractivity contribution in [1.82, 2.24) is 5.43 Å². The molecule has 0 saturated carbocycles. The van der Waals surface area contributed by atoms with E-state index >= 15 is 0 Å². The van der Waals surface area contributed by atoms with Crippen LogP contribution in [0.2, 0.25) is 0 Å². The molecule has 1 heterocycles. The van der Waals surface area contributed by atoms with Crippen molar-refractivity contribution in [3.8, 4) is 0 Å². The van der Waals surface area contributed by atoms with Crippen molar-refractivity contribution in [2.45, 2.75) is 18.9 Å². The summed E-state index contributed by atoms with van der Waals surface area (Å²) in [6.45, 7) is 0.778. The van der Waals surface area contributed by atoms with E-state index in [1.165, 1.54) is 0 Å². The van der Waals surface area contributed by atoms with Crippen LogP contribution in [0.1, 0.15) is 24.4 Å². The highest BCUT2D eigenvalue weighted by Gasteiger charge is 2.18. The summed E-state index contributed by atoms with van der Waals surface area (Å²) in [5, 5.41) is 0. The molecular weight excluding hydrogens is 268 g/mol. The molecule has 4 heteroatoms. The van der Waals surface area contributed by atoms with Crippen LogP contribution >= 0.6 is 15.9 Å². The molecule has 1 aliphatic heterocycles. The maximum atomic E-state index is 5.62. The number of nitrogens with two attached hydrogens (primary N) is 1. The minimum atomic E-state index is -0.0478. The zero-order chi connectivity index (χ0) is 11.4. The van der Waals surface area contributed by atoms with Gasteiger partial charge in [0.1, 0.15) is 11.8 Å². The second-order valence-corrected chi connectivity index (χ2v) is 4.66. The lowest BCUT2D eigenvalue weighted by molar-refractivity contribution is 0.168. The Morgan fingerprint density at radius 3 is 2.62 bits per heavy atom. The van der Waals surface area contributed by atoms with Crippen LogP contribution < -0.4 is 11.3 Å². The molecule has 0 saturated heterocycles. The number of hydrazine groups is 1. The van der Waals surface area contributed by atoms with Crippen LogP contribution in [0.25, 0.3) is 0 Å². The van der Waals surface area contributed by atoms with Gasteiger partial charge < -0.3 is 4.74 Å². The first-order valence-electron chi connectivity index (χ1n) is 5.35. The Morgan fingerprint density at radius 2 is 2.06 bits per heavy atom. The smallest absolute Gasteiger partial charge is 0.115 e. The number of rotatable bonds is 3. The topological polar surface area (TPSA) is 47.3 Å². The summed E-state index contributed by atoms with van der Waals surface area (Å²) in [5.41, 5.74) is 3.91. The fraction of sp³-hybridized carbons (Fsp3) is 0.333. The van der Waals surface area contributed by atoms with Crippen molar-refractivity contribution >= 4 is 15.9 Å². The Labute approximate surface area is 104 Å². The van der Waals surface area contributed by atoms with Crippen LogP contribution in [0.5, 0.6) is 0 Å². The molecule has 0 aromatic heterocycles. The Kier molecular flexibility index (Phi) is 3.98. The highest BCUT2D eigenvalue weighted by Crippen LogP contribution is 2.26. The van der Waals surface area contributed by atoms with Crippen LogP contribution in [-0.2, 0) is 4.74 Å². The van der Waals surface area contributed by atoms with Gasteiger partial charge in [-0.05, 0) is 36.6 Å². The largest absolute Gasteiger partial charge is 0.496 e. The number of halogens is 1. The molecule has 0 bridgehead atoms. The van der Waals surface area contributed by atoms with E-state index in [9.17, 15) is 0 Å². The Bertz CT molecular complexity index is 375. The van der Waals surface area contributed by atoms with Crippen LogP contribution in [0.4, 0.5) is 0 Å². The van der Waals surface area contributed by atoms with Gasteiger partial charge in [-0.15, -0.1) is 0 Å². The minimum Gasteiger partial charge on any atom is -0.496 e. The van der Waals surface area contributed by atoms with E-state index in [-0.39, 0.29) is 6.04 Å². The highest BCUT2D eigenvalue weighted by atomic mass is 79.9. The molecule has 1 aliphatic rings. The molecule has 1 aromatic rings. The van der Waals surface area contributed by atoms with Gasteiger partial charge in [-0.25, -0.2) is 5.43 Å². The molecule has 1 aromatic carbocycles. The van der Waals surface area contributed by atoms with Crippen molar-refractivity contribution in [3.63, 3.8) is 0 Å². The number of hydrogen-bond donors (Lipinski definition) is 2. The predicted molar refractivity (Wildman–Crippen MR) is 67.5 cm³/mol. The number of nitrogens with one attached hydrogen (secondary N) is 1. The van der Waals surface area contributed by atoms with Crippen molar-refractivity contribution in [1.29, 1.82) is 0 Å². The maximum Gasteiger partial charge on any atom is 0.115 e. The molecule has 3 N–H and O–H groups in total. The quantitative estimate of drug-likeness (QED) is 0.662. The molecule has 3 nitrogen and oxygen atoms in total. The van der Waals surface area contributed by atoms with Crippen LogP contribution in [0.3, 0.4) is 0 Å². The zero-order valence-electron chi connectivity index (χ0n) is 8.95. The third-order valence-corrected chi connectivity index (χ3v) is 3.15. The van der Waals surface area contributed by atoms with Crippen LogP contribution in [0.15, 0.2) is 40.6 Å². The van der Waals surface area contributed by atoms with Crippen molar-refractivity contribution in [2.24, 2.45) is 5.84 Å². The summed E-state index contributed by atoms with van der Waals surface area (Å²) in [7, 11) is 0. The molecule has 2 rings (SSSR count). The third kappa shape index (κ3) is 2.64. The first-order chi connectivity index (χ1) is 7.81. The molecule has 1 unspecified atom stereocenters. The average molecular weight is 283 g/mol. The SMILES string of the molecule is NNC(C1=CCCCO1)c1ccc(Br)cc1. The number of benzene rings is 1. The lowest BCUT2D eigenvalue weighted by atomic mass is 10.0. The van der Waals surface area contributed by atoms with E-state index in [0.29, 0.717) is 0 Å². The van der Waals surface area contributed by atoms with E-state index in [1.54, 1.807) is 0 Å². The van der Waals surface area contributed by atoms with E-state index in [4.69, 9.17) is 10.6 Å². The van der Waals surface area contributed by atoms with Gasteiger partial charge in [0, 0.05) is 4.47 Å². The molecule has 0 amide bonds. The van der Waals surface area contributed by atoms with Gasteiger partial charge in [0.2, 0.25) is 0 Å². The molecule has 86 valence electrons. The summed E-state index contributed by atoms with van der Waals surface area (Å²) in [5.74, 6) is 6.52. The highest BCUT2D eigenvalue weighted by molar-refractivity contribution is 9.10. The summed E-state index contributed by atoms with van der Waals surface area (Å²) in [6, 6.07) is 8.03.